The van der Waals surface area contributed by atoms with Crippen LogP contribution in [0.1, 0.15) is 67.2 Å². The summed E-state index contributed by atoms with van der Waals surface area (Å²) < 4.78 is 0. The number of aromatic carboxylic acids is 2. The predicted octanol–water partition coefficient (Wildman–Crippen LogP) is 4.47. The van der Waals surface area contributed by atoms with E-state index in [1.165, 1.54) is 0 Å². The Morgan fingerprint density at radius 2 is 1.21 bits per heavy atom. The second kappa shape index (κ2) is 14.3. The van der Waals surface area contributed by atoms with Gasteiger partial charge in [-0.05, 0) is 43.5 Å². The van der Waals surface area contributed by atoms with E-state index in [4.69, 9.17) is 10.2 Å². The number of carbonyl (C=O) groups is 2. The van der Waals surface area contributed by atoms with Crippen molar-refractivity contribution in [2.75, 3.05) is 0 Å². The summed E-state index contributed by atoms with van der Waals surface area (Å²) in [6, 6.07) is 16.6. The zero-order valence-electron chi connectivity index (χ0n) is 17.3. The SMILES string of the molecule is CCCC(O)(CC)C(O)CC.O=C(O)c1ccccc1.O=C(O)c1ccccc1. The normalized spacial score (nSPS) is 12.9. The first-order valence-corrected chi connectivity index (χ1v) is 9.68. The van der Waals surface area contributed by atoms with Crippen molar-refractivity contribution in [2.45, 2.75) is 58.2 Å². The summed E-state index contributed by atoms with van der Waals surface area (Å²) in [4.78, 5) is 20.4. The van der Waals surface area contributed by atoms with Crippen molar-refractivity contribution in [1.82, 2.24) is 0 Å². The smallest absolute Gasteiger partial charge is 0.335 e. The molecule has 0 radical (unpaired) electrons. The molecule has 0 bridgehead atoms. The lowest BCUT2D eigenvalue weighted by Crippen LogP contribution is -2.41. The van der Waals surface area contributed by atoms with E-state index in [-0.39, 0.29) is 0 Å². The molecule has 0 aliphatic heterocycles. The Balaban J connectivity index is 0.000000408. The molecule has 0 saturated heterocycles. The minimum absolute atomic E-state index is 0.331. The lowest BCUT2D eigenvalue weighted by atomic mass is 9.87. The molecule has 4 N–H and O–H groups in total. The van der Waals surface area contributed by atoms with Crippen LogP contribution in [0.5, 0.6) is 0 Å². The Kier molecular flexibility index (Phi) is 13.0. The van der Waals surface area contributed by atoms with Gasteiger partial charge >= 0.3 is 11.9 Å². The molecular weight excluding hydrogens is 372 g/mol. The van der Waals surface area contributed by atoms with Gasteiger partial charge in [0.15, 0.2) is 0 Å². The third-order valence-electron chi connectivity index (χ3n) is 4.34. The molecule has 0 amide bonds. The number of aliphatic hydroxyl groups excluding tert-OH is 1. The summed E-state index contributed by atoms with van der Waals surface area (Å²) in [5, 5.41) is 36.1. The molecule has 0 heterocycles. The highest BCUT2D eigenvalue weighted by molar-refractivity contribution is 5.87. The number of hydrogen-bond donors (Lipinski definition) is 4. The van der Waals surface area contributed by atoms with Crippen molar-refractivity contribution in [3.63, 3.8) is 0 Å². The van der Waals surface area contributed by atoms with E-state index in [9.17, 15) is 19.8 Å². The summed E-state index contributed by atoms with van der Waals surface area (Å²) in [7, 11) is 0. The van der Waals surface area contributed by atoms with Gasteiger partial charge in [-0.1, -0.05) is 63.6 Å². The summed E-state index contributed by atoms with van der Waals surface area (Å²) in [6.45, 7) is 5.82. The fourth-order valence-electron chi connectivity index (χ4n) is 2.55. The van der Waals surface area contributed by atoms with E-state index >= 15 is 0 Å². The van der Waals surface area contributed by atoms with Crippen LogP contribution in [0.15, 0.2) is 60.7 Å². The maximum atomic E-state index is 10.2. The molecule has 0 spiro atoms. The highest BCUT2D eigenvalue weighted by Crippen LogP contribution is 2.23. The number of carboxylic acids is 2. The quantitative estimate of drug-likeness (QED) is 0.541. The minimum atomic E-state index is -0.879. The largest absolute Gasteiger partial charge is 0.478 e. The number of carboxylic acid groups (broad SMARTS) is 2. The molecule has 2 aromatic rings. The zero-order chi connectivity index (χ0) is 22.3. The first kappa shape index (κ1) is 26.3. The van der Waals surface area contributed by atoms with Crippen LogP contribution in [0, 0.1) is 0 Å². The highest BCUT2D eigenvalue weighted by Gasteiger charge is 2.31. The van der Waals surface area contributed by atoms with Crippen molar-refractivity contribution < 1.29 is 30.0 Å². The third kappa shape index (κ3) is 10.4. The molecule has 160 valence electrons. The Morgan fingerprint density at radius 3 is 1.41 bits per heavy atom. The summed E-state index contributed by atoms with van der Waals surface area (Å²) in [5.74, 6) is -1.76. The fourth-order valence-corrected chi connectivity index (χ4v) is 2.55. The summed E-state index contributed by atoms with van der Waals surface area (Å²) in [5.41, 5.74) is -0.182. The molecule has 2 rings (SSSR count). The van der Waals surface area contributed by atoms with Gasteiger partial charge in [0.2, 0.25) is 0 Å². The molecule has 0 aliphatic rings. The number of rotatable bonds is 7. The standard InChI is InChI=1S/C9H20O2.2C7H6O2/c1-4-7-9(11,6-3)8(10)5-2;2*8-7(9)6-4-2-1-3-5-6/h8,10-11H,4-7H2,1-3H3;2*1-5H,(H,8,9). The van der Waals surface area contributed by atoms with Gasteiger partial charge in [0.05, 0.1) is 22.8 Å². The lowest BCUT2D eigenvalue weighted by molar-refractivity contribution is -0.0841. The highest BCUT2D eigenvalue weighted by atomic mass is 16.4. The van der Waals surface area contributed by atoms with Crippen molar-refractivity contribution in [1.29, 1.82) is 0 Å². The van der Waals surface area contributed by atoms with Crippen LogP contribution >= 0.6 is 0 Å². The van der Waals surface area contributed by atoms with Crippen molar-refractivity contribution in [3.05, 3.63) is 71.8 Å². The van der Waals surface area contributed by atoms with Gasteiger partial charge in [0.25, 0.3) is 0 Å². The van der Waals surface area contributed by atoms with Gasteiger partial charge in [0, 0.05) is 0 Å². The summed E-state index contributed by atoms with van der Waals surface area (Å²) >= 11 is 0. The monoisotopic (exact) mass is 404 g/mol. The molecule has 6 heteroatoms. The molecule has 0 fully saturated rings. The van der Waals surface area contributed by atoms with Crippen LogP contribution in [0.2, 0.25) is 0 Å². The molecule has 29 heavy (non-hydrogen) atoms. The molecule has 2 atom stereocenters. The van der Waals surface area contributed by atoms with E-state index in [0.29, 0.717) is 30.4 Å². The molecule has 0 aliphatic carbocycles. The van der Waals surface area contributed by atoms with Gasteiger partial charge < -0.3 is 20.4 Å². The minimum Gasteiger partial charge on any atom is -0.478 e. The molecule has 6 nitrogen and oxygen atoms in total. The van der Waals surface area contributed by atoms with Gasteiger partial charge in [-0.2, -0.15) is 0 Å². The van der Waals surface area contributed by atoms with Crippen LogP contribution in [0.25, 0.3) is 0 Å². The molecule has 0 saturated carbocycles. The Morgan fingerprint density at radius 1 is 0.828 bits per heavy atom. The van der Waals surface area contributed by atoms with Crippen LogP contribution in [-0.2, 0) is 0 Å². The summed E-state index contributed by atoms with van der Waals surface area (Å²) in [6.07, 6.45) is 2.31. The maximum absolute atomic E-state index is 10.2. The van der Waals surface area contributed by atoms with E-state index in [1.54, 1.807) is 60.7 Å². The second-order valence-corrected chi connectivity index (χ2v) is 6.47. The number of aliphatic hydroxyl groups is 2. The van der Waals surface area contributed by atoms with Crippen LogP contribution < -0.4 is 0 Å². The molecule has 2 aromatic carbocycles. The Hall–Kier alpha value is -2.70. The zero-order valence-corrected chi connectivity index (χ0v) is 17.3. The van der Waals surface area contributed by atoms with Gasteiger partial charge in [0.1, 0.15) is 0 Å². The number of benzene rings is 2. The average Bonchev–Trinajstić information content (AvgIpc) is 2.75. The van der Waals surface area contributed by atoms with Crippen molar-refractivity contribution in [2.24, 2.45) is 0 Å². The first-order chi connectivity index (χ1) is 13.7. The number of hydrogen-bond acceptors (Lipinski definition) is 4. The van der Waals surface area contributed by atoms with Crippen molar-refractivity contribution >= 4 is 11.9 Å². The Bertz CT molecular complexity index is 652. The molecular formula is C23H32O6. The average molecular weight is 405 g/mol. The van der Waals surface area contributed by atoms with Crippen LogP contribution in [0.3, 0.4) is 0 Å². The third-order valence-corrected chi connectivity index (χ3v) is 4.34. The van der Waals surface area contributed by atoms with Gasteiger partial charge in [-0.3, -0.25) is 0 Å². The molecule has 0 aromatic heterocycles. The Labute approximate surface area is 172 Å². The van der Waals surface area contributed by atoms with E-state index in [1.807, 2.05) is 20.8 Å². The van der Waals surface area contributed by atoms with E-state index in [2.05, 4.69) is 0 Å². The fraction of sp³-hybridized carbons (Fsp3) is 0.391. The lowest BCUT2D eigenvalue weighted by Gasteiger charge is -2.31. The second-order valence-electron chi connectivity index (χ2n) is 6.47. The van der Waals surface area contributed by atoms with E-state index < -0.39 is 23.6 Å². The van der Waals surface area contributed by atoms with Gasteiger partial charge in [-0.25, -0.2) is 9.59 Å². The predicted molar refractivity (Wildman–Crippen MR) is 113 cm³/mol. The first-order valence-electron chi connectivity index (χ1n) is 9.68. The van der Waals surface area contributed by atoms with E-state index in [0.717, 1.165) is 6.42 Å². The molecule has 2 unspecified atom stereocenters. The van der Waals surface area contributed by atoms with Crippen LogP contribution in [0.4, 0.5) is 0 Å². The maximum Gasteiger partial charge on any atom is 0.335 e. The van der Waals surface area contributed by atoms with Gasteiger partial charge in [-0.15, -0.1) is 0 Å². The topological polar surface area (TPSA) is 115 Å². The van der Waals surface area contributed by atoms with Crippen LogP contribution in [-0.4, -0.2) is 44.1 Å². The van der Waals surface area contributed by atoms with Crippen molar-refractivity contribution in [3.8, 4) is 0 Å².